The van der Waals surface area contributed by atoms with E-state index < -0.39 is 31.3 Å². The molecule has 0 unspecified atom stereocenters. The number of aliphatic carboxylic acids is 1. The molecule has 1 rings (SSSR count). The van der Waals surface area contributed by atoms with Crippen molar-refractivity contribution in [2.45, 2.75) is 52.7 Å². The minimum atomic E-state index is -3.48. The normalized spacial score (nSPS) is 13.1. The molecule has 0 saturated carbocycles. The van der Waals surface area contributed by atoms with Gasteiger partial charge < -0.3 is 24.2 Å². The Hall–Kier alpha value is -1.89. The predicted octanol–water partition coefficient (Wildman–Crippen LogP) is 3.10. The molecular formula is C18H28NO7P. The number of carbonyl (C=O) groups excluding carboxylic acids is 1. The van der Waals surface area contributed by atoms with Crippen LogP contribution in [0.1, 0.15) is 40.2 Å². The van der Waals surface area contributed by atoms with E-state index in [9.17, 15) is 19.3 Å². The number of rotatable bonds is 9. The van der Waals surface area contributed by atoms with E-state index in [1.165, 1.54) is 0 Å². The molecule has 2 N–H and O–H groups in total. The number of hydrogen-bond acceptors (Lipinski definition) is 6. The molecule has 27 heavy (non-hydrogen) atoms. The van der Waals surface area contributed by atoms with Crippen molar-refractivity contribution in [2.24, 2.45) is 0 Å². The molecule has 152 valence electrons. The monoisotopic (exact) mass is 401 g/mol. The second kappa shape index (κ2) is 9.88. The van der Waals surface area contributed by atoms with Crippen molar-refractivity contribution in [3.63, 3.8) is 0 Å². The van der Waals surface area contributed by atoms with Gasteiger partial charge in [-0.15, -0.1) is 0 Å². The lowest BCUT2D eigenvalue weighted by Gasteiger charge is -2.22. The number of benzene rings is 1. The summed E-state index contributed by atoms with van der Waals surface area (Å²) in [6, 6.07) is 5.29. The minimum Gasteiger partial charge on any atom is -0.480 e. The summed E-state index contributed by atoms with van der Waals surface area (Å²) in [5.41, 5.74) is -0.176. The van der Waals surface area contributed by atoms with Gasteiger partial charge in [-0.05, 0) is 52.3 Å². The fourth-order valence-electron chi connectivity index (χ4n) is 2.27. The summed E-state index contributed by atoms with van der Waals surface area (Å²) in [5, 5.41) is 12.1. The van der Waals surface area contributed by atoms with Gasteiger partial charge >= 0.3 is 19.7 Å². The van der Waals surface area contributed by atoms with Crippen LogP contribution in [0.4, 0.5) is 4.79 Å². The number of carboxylic acids is 1. The summed E-state index contributed by atoms with van der Waals surface area (Å²) in [6.07, 6.45) is -0.832. The standard InChI is InChI=1S/C18H28NO7P/c1-6-24-27(23,25-7-2)14-10-8-9-13(11-14)12-15(16(20)21)19-17(22)26-18(3,4)5/h8-11,15H,6-7,12H2,1-5H3,(H,19,22)(H,20,21)/t15-/m0/s1. The highest BCUT2D eigenvalue weighted by Crippen LogP contribution is 2.46. The molecule has 1 atom stereocenters. The highest BCUT2D eigenvalue weighted by atomic mass is 31.2. The molecule has 0 bridgehead atoms. The van der Waals surface area contributed by atoms with Crippen molar-refractivity contribution in [3.8, 4) is 0 Å². The van der Waals surface area contributed by atoms with Crippen molar-refractivity contribution < 1.29 is 33.0 Å². The molecule has 1 aromatic carbocycles. The number of ether oxygens (including phenoxy) is 1. The Labute approximate surface area is 159 Å². The molecule has 0 saturated heterocycles. The summed E-state index contributed by atoms with van der Waals surface area (Å²) < 4.78 is 28.6. The van der Waals surface area contributed by atoms with Gasteiger partial charge in [-0.2, -0.15) is 0 Å². The Morgan fingerprint density at radius 3 is 2.26 bits per heavy atom. The largest absolute Gasteiger partial charge is 0.480 e. The zero-order chi connectivity index (χ0) is 20.7. The minimum absolute atomic E-state index is 0.0132. The van der Waals surface area contributed by atoms with Gasteiger partial charge in [0.25, 0.3) is 0 Å². The Balaban J connectivity index is 2.99. The van der Waals surface area contributed by atoms with Crippen molar-refractivity contribution in [3.05, 3.63) is 29.8 Å². The van der Waals surface area contributed by atoms with Gasteiger partial charge in [0, 0.05) is 6.42 Å². The van der Waals surface area contributed by atoms with Crippen LogP contribution >= 0.6 is 7.60 Å². The molecule has 0 aliphatic heterocycles. The van der Waals surface area contributed by atoms with Gasteiger partial charge in [0.1, 0.15) is 11.6 Å². The molecule has 0 aliphatic carbocycles. The summed E-state index contributed by atoms with van der Waals surface area (Å²) in [5.74, 6) is -1.20. The van der Waals surface area contributed by atoms with Crippen LogP contribution in [0.5, 0.6) is 0 Å². The summed E-state index contributed by atoms with van der Waals surface area (Å²) in [7, 11) is -3.48. The number of carbonyl (C=O) groups is 2. The SMILES string of the molecule is CCOP(=O)(OCC)c1cccc(C[C@H](NC(=O)OC(C)(C)C)C(=O)O)c1. The molecule has 0 aromatic heterocycles. The molecule has 8 nitrogen and oxygen atoms in total. The Bertz CT molecular complexity index is 689. The van der Waals surface area contributed by atoms with E-state index in [1.807, 2.05) is 0 Å². The third-order valence-corrected chi connectivity index (χ3v) is 5.36. The summed E-state index contributed by atoms with van der Waals surface area (Å²) in [4.78, 5) is 23.4. The van der Waals surface area contributed by atoms with E-state index in [1.54, 1.807) is 58.9 Å². The van der Waals surface area contributed by atoms with Crippen LogP contribution in [-0.2, 0) is 29.6 Å². The lowest BCUT2D eigenvalue weighted by Crippen LogP contribution is -2.44. The topological polar surface area (TPSA) is 111 Å². The average Bonchev–Trinajstić information content (AvgIpc) is 2.53. The van der Waals surface area contributed by atoms with Crippen molar-refractivity contribution in [2.75, 3.05) is 13.2 Å². The second-order valence-electron chi connectivity index (χ2n) is 6.74. The zero-order valence-electron chi connectivity index (χ0n) is 16.4. The molecule has 0 aliphatic rings. The van der Waals surface area contributed by atoms with Crippen molar-refractivity contribution in [1.29, 1.82) is 0 Å². The van der Waals surface area contributed by atoms with Gasteiger partial charge in [0.05, 0.1) is 18.5 Å². The first-order valence-electron chi connectivity index (χ1n) is 8.71. The maximum atomic E-state index is 12.9. The van der Waals surface area contributed by atoms with Crippen LogP contribution in [0.3, 0.4) is 0 Å². The van der Waals surface area contributed by atoms with Gasteiger partial charge in [-0.25, -0.2) is 9.59 Å². The molecular weight excluding hydrogens is 373 g/mol. The first-order chi connectivity index (χ1) is 12.5. The van der Waals surface area contributed by atoms with Crippen LogP contribution in [0.2, 0.25) is 0 Å². The van der Waals surface area contributed by atoms with E-state index in [2.05, 4.69) is 5.32 Å². The van der Waals surface area contributed by atoms with E-state index >= 15 is 0 Å². The number of nitrogens with one attached hydrogen (secondary N) is 1. The first-order valence-corrected chi connectivity index (χ1v) is 10.3. The molecule has 1 amide bonds. The molecule has 0 radical (unpaired) electrons. The number of carboxylic acid groups (broad SMARTS) is 1. The average molecular weight is 401 g/mol. The fourth-order valence-corrected chi connectivity index (χ4v) is 3.91. The lowest BCUT2D eigenvalue weighted by atomic mass is 10.1. The third-order valence-electron chi connectivity index (χ3n) is 3.25. The number of amides is 1. The van der Waals surface area contributed by atoms with Crippen molar-refractivity contribution >= 4 is 25.0 Å². The van der Waals surface area contributed by atoms with Gasteiger partial charge in [0.2, 0.25) is 0 Å². The van der Waals surface area contributed by atoms with Gasteiger partial charge in [0.15, 0.2) is 0 Å². The summed E-state index contributed by atoms with van der Waals surface area (Å²) in [6.45, 7) is 8.89. The van der Waals surface area contributed by atoms with Gasteiger partial charge in [-0.3, -0.25) is 4.57 Å². The first kappa shape index (κ1) is 23.1. The molecule has 9 heteroatoms. The maximum Gasteiger partial charge on any atom is 0.408 e. The van der Waals surface area contributed by atoms with Crippen LogP contribution in [-0.4, -0.2) is 42.0 Å². The Morgan fingerprint density at radius 1 is 1.19 bits per heavy atom. The number of alkyl carbamates (subject to hydrolysis) is 1. The Morgan fingerprint density at radius 2 is 1.78 bits per heavy atom. The van der Waals surface area contributed by atoms with E-state index in [0.717, 1.165) is 0 Å². The Kier molecular flexibility index (Phi) is 8.47. The molecule has 0 heterocycles. The van der Waals surface area contributed by atoms with Crippen LogP contribution < -0.4 is 10.6 Å². The van der Waals surface area contributed by atoms with E-state index in [-0.39, 0.29) is 19.6 Å². The number of hydrogen-bond donors (Lipinski definition) is 2. The van der Waals surface area contributed by atoms with Crippen LogP contribution in [0, 0.1) is 0 Å². The highest BCUT2D eigenvalue weighted by Gasteiger charge is 2.28. The fraction of sp³-hybridized carbons (Fsp3) is 0.556. The second-order valence-corrected chi connectivity index (χ2v) is 8.77. The zero-order valence-corrected chi connectivity index (χ0v) is 17.2. The summed E-state index contributed by atoms with van der Waals surface area (Å²) >= 11 is 0. The van der Waals surface area contributed by atoms with E-state index in [4.69, 9.17) is 13.8 Å². The smallest absolute Gasteiger partial charge is 0.408 e. The third kappa shape index (κ3) is 7.71. The van der Waals surface area contributed by atoms with Crippen LogP contribution in [0.15, 0.2) is 24.3 Å². The van der Waals surface area contributed by atoms with E-state index in [0.29, 0.717) is 10.9 Å². The van der Waals surface area contributed by atoms with Crippen LogP contribution in [0.25, 0.3) is 0 Å². The van der Waals surface area contributed by atoms with Gasteiger partial charge in [-0.1, -0.05) is 12.1 Å². The molecule has 1 aromatic rings. The predicted molar refractivity (Wildman–Crippen MR) is 101 cm³/mol. The molecule has 0 fully saturated rings. The lowest BCUT2D eigenvalue weighted by molar-refractivity contribution is -0.139. The maximum absolute atomic E-state index is 12.9. The highest BCUT2D eigenvalue weighted by molar-refractivity contribution is 7.62. The van der Waals surface area contributed by atoms with Crippen molar-refractivity contribution in [1.82, 2.24) is 5.32 Å². The molecule has 0 spiro atoms. The quantitative estimate of drug-likeness (QED) is 0.612.